The molecule has 5 aliphatic heterocycles. The molecule has 1 saturated heterocycles. The SMILES string of the molecule is N#CC1=C2N=C(N)c3c(sc4c3C3CCN4CC3)N2C2=C(C(=O)CCC2)C1c1c(F)cccc1Cl. The summed E-state index contributed by atoms with van der Waals surface area (Å²) < 4.78 is 15.2. The fraction of sp³-hybridized carbons (Fsp3) is 0.346. The molecule has 9 heteroatoms. The Balaban J connectivity index is 1.54. The van der Waals surface area contributed by atoms with Gasteiger partial charge in [0.15, 0.2) is 11.6 Å². The van der Waals surface area contributed by atoms with Crippen LogP contribution >= 0.6 is 22.9 Å². The molecular weight excluding hydrogens is 485 g/mol. The number of carbonyl (C=O) groups is 1. The molecule has 0 radical (unpaired) electrons. The maximum absolute atomic E-state index is 15.2. The number of nitrogens with zero attached hydrogens (tertiary/aromatic N) is 4. The van der Waals surface area contributed by atoms with E-state index in [2.05, 4.69) is 11.0 Å². The Morgan fingerprint density at radius 2 is 2.00 bits per heavy atom. The van der Waals surface area contributed by atoms with E-state index in [0.717, 1.165) is 42.2 Å². The third-order valence-electron chi connectivity index (χ3n) is 7.92. The number of halogens is 2. The summed E-state index contributed by atoms with van der Waals surface area (Å²) in [5, 5.41) is 12.7. The van der Waals surface area contributed by atoms with Gasteiger partial charge in [-0.05, 0) is 43.7 Å². The monoisotopic (exact) mass is 505 g/mol. The van der Waals surface area contributed by atoms with Gasteiger partial charge in [0.05, 0.1) is 28.1 Å². The number of fused-ring (bicyclic) bond motifs is 6. The second-order valence-corrected chi connectivity index (χ2v) is 11.0. The Bertz CT molecular complexity index is 1450. The number of piperidine rings is 1. The summed E-state index contributed by atoms with van der Waals surface area (Å²) in [7, 11) is 0. The topological polar surface area (TPSA) is 85.7 Å². The number of nitriles is 1. The van der Waals surface area contributed by atoms with E-state index in [1.807, 2.05) is 4.90 Å². The third kappa shape index (κ3) is 2.74. The molecule has 0 spiro atoms. The molecule has 1 aliphatic carbocycles. The first-order chi connectivity index (χ1) is 17.0. The highest BCUT2D eigenvalue weighted by molar-refractivity contribution is 7.21. The van der Waals surface area contributed by atoms with Crippen LogP contribution in [0.4, 0.5) is 14.4 Å². The summed E-state index contributed by atoms with van der Waals surface area (Å²) in [6.07, 6.45) is 3.87. The lowest BCUT2D eigenvalue weighted by atomic mass is 9.75. The van der Waals surface area contributed by atoms with Crippen molar-refractivity contribution >= 4 is 44.6 Å². The van der Waals surface area contributed by atoms with Gasteiger partial charge in [-0.1, -0.05) is 29.0 Å². The lowest BCUT2D eigenvalue weighted by Crippen LogP contribution is -2.40. The lowest BCUT2D eigenvalue weighted by molar-refractivity contribution is -0.116. The van der Waals surface area contributed by atoms with Gasteiger partial charge in [-0.25, -0.2) is 9.38 Å². The molecule has 176 valence electrons. The minimum absolute atomic E-state index is 0.0726. The average molecular weight is 506 g/mol. The molecule has 35 heavy (non-hydrogen) atoms. The number of amidine groups is 1. The van der Waals surface area contributed by atoms with Crippen LogP contribution < -0.4 is 15.5 Å². The van der Waals surface area contributed by atoms with Crippen LogP contribution in [0, 0.1) is 17.1 Å². The summed E-state index contributed by atoms with van der Waals surface area (Å²) in [6.45, 7) is 2.06. The largest absolute Gasteiger partial charge is 0.383 e. The number of thiophene rings is 1. The highest BCUT2D eigenvalue weighted by Gasteiger charge is 2.47. The van der Waals surface area contributed by atoms with Crippen LogP contribution in [0.15, 0.2) is 45.9 Å². The number of benzene rings is 1. The van der Waals surface area contributed by atoms with Crippen molar-refractivity contribution in [2.24, 2.45) is 10.7 Å². The van der Waals surface area contributed by atoms with Crippen molar-refractivity contribution in [2.45, 2.75) is 43.9 Å². The van der Waals surface area contributed by atoms with Gasteiger partial charge in [0, 0.05) is 46.9 Å². The maximum Gasteiger partial charge on any atom is 0.161 e. The summed E-state index contributed by atoms with van der Waals surface area (Å²) in [4.78, 5) is 22.6. The standard InChI is InChI=1S/C26H21ClFN5OS/c27-14-3-1-4-15(28)20(14)19-13(11-29)24-31-23(30)22-18-12-7-9-32(10-8-12)25(18)35-26(22)33(24)16-5-2-6-17(34)21(16)19/h1,3-4,12,19H,2,5-10H2,(H2,30,31). The second kappa shape index (κ2) is 7.42. The highest BCUT2D eigenvalue weighted by atomic mass is 35.5. The van der Waals surface area contributed by atoms with Gasteiger partial charge in [-0.2, -0.15) is 5.26 Å². The number of ketones is 1. The molecule has 1 aromatic carbocycles. The number of Topliss-reactive ketones (excluding diaryl/α,β-unsaturated/α-hetero) is 1. The van der Waals surface area contributed by atoms with Gasteiger partial charge in [0.25, 0.3) is 0 Å². The Morgan fingerprint density at radius 1 is 1.20 bits per heavy atom. The molecule has 8 rings (SSSR count). The smallest absolute Gasteiger partial charge is 0.161 e. The van der Waals surface area contributed by atoms with E-state index < -0.39 is 11.7 Å². The van der Waals surface area contributed by atoms with Crippen LogP contribution in [-0.2, 0) is 4.79 Å². The zero-order valence-electron chi connectivity index (χ0n) is 18.8. The molecule has 6 heterocycles. The molecule has 1 unspecified atom stereocenters. The molecule has 2 aromatic rings. The summed E-state index contributed by atoms with van der Waals surface area (Å²) >= 11 is 8.14. The van der Waals surface area contributed by atoms with Crippen LogP contribution in [0.5, 0.6) is 0 Å². The summed E-state index contributed by atoms with van der Waals surface area (Å²) in [5.74, 6) is -0.308. The molecule has 2 bridgehead atoms. The number of nitrogens with two attached hydrogens (primary N) is 1. The second-order valence-electron chi connectivity index (χ2n) is 9.65. The Morgan fingerprint density at radius 3 is 2.74 bits per heavy atom. The molecule has 2 N–H and O–H groups in total. The lowest BCUT2D eigenvalue weighted by Gasteiger charge is -2.41. The molecule has 1 aromatic heterocycles. The van der Waals surface area contributed by atoms with E-state index in [1.54, 1.807) is 17.4 Å². The van der Waals surface area contributed by atoms with Crippen LogP contribution in [0.25, 0.3) is 0 Å². The van der Waals surface area contributed by atoms with Crippen molar-refractivity contribution in [3.05, 3.63) is 68.4 Å². The number of allylic oxidation sites excluding steroid dienone is 3. The molecule has 0 saturated carbocycles. The highest BCUT2D eigenvalue weighted by Crippen LogP contribution is 2.58. The first kappa shape index (κ1) is 21.2. The van der Waals surface area contributed by atoms with Gasteiger partial charge in [-0.3, -0.25) is 9.69 Å². The zero-order chi connectivity index (χ0) is 24.0. The quantitative estimate of drug-likeness (QED) is 0.568. The first-order valence-corrected chi connectivity index (χ1v) is 13.1. The van der Waals surface area contributed by atoms with Crippen molar-refractivity contribution in [1.82, 2.24) is 0 Å². The van der Waals surface area contributed by atoms with Gasteiger partial charge in [0.2, 0.25) is 0 Å². The fourth-order valence-corrected chi connectivity index (χ4v) is 8.18. The number of rotatable bonds is 1. The first-order valence-electron chi connectivity index (χ1n) is 11.9. The van der Waals surface area contributed by atoms with E-state index in [0.29, 0.717) is 42.4 Å². The fourth-order valence-electron chi connectivity index (χ4n) is 6.43. The van der Waals surface area contributed by atoms with Crippen LogP contribution in [0.3, 0.4) is 0 Å². The van der Waals surface area contributed by atoms with E-state index in [9.17, 15) is 10.1 Å². The van der Waals surface area contributed by atoms with Crippen molar-refractivity contribution in [3.63, 3.8) is 0 Å². The van der Waals surface area contributed by atoms with Gasteiger partial charge in [-0.15, -0.1) is 0 Å². The summed E-state index contributed by atoms with van der Waals surface area (Å²) in [5.41, 5.74) is 10.4. The number of anilines is 2. The molecule has 1 fully saturated rings. The zero-order valence-corrected chi connectivity index (χ0v) is 20.3. The Kier molecular flexibility index (Phi) is 4.49. The third-order valence-corrected chi connectivity index (χ3v) is 9.50. The van der Waals surface area contributed by atoms with Crippen molar-refractivity contribution in [3.8, 4) is 6.07 Å². The predicted octanol–water partition coefficient (Wildman–Crippen LogP) is 5.30. The average Bonchev–Trinajstić information content (AvgIpc) is 3.28. The van der Waals surface area contributed by atoms with Gasteiger partial charge < -0.3 is 10.6 Å². The normalized spacial score (nSPS) is 23.1. The van der Waals surface area contributed by atoms with Gasteiger partial charge in [0.1, 0.15) is 16.7 Å². The molecule has 6 nitrogen and oxygen atoms in total. The summed E-state index contributed by atoms with van der Waals surface area (Å²) in [6, 6.07) is 6.69. The maximum atomic E-state index is 15.2. The molecule has 0 amide bonds. The van der Waals surface area contributed by atoms with Crippen LogP contribution in [0.1, 0.15) is 60.6 Å². The van der Waals surface area contributed by atoms with Crippen molar-refractivity contribution < 1.29 is 9.18 Å². The Hall–Kier alpha value is -3.15. The molecular formula is C26H21ClFN5OS. The van der Waals surface area contributed by atoms with Crippen molar-refractivity contribution in [1.29, 1.82) is 5.26 Å². The van der Waals surface area contributed by atoms with E-state index >= 15 is 4.39 Å². The minimum Gasteiger partial charge on any atom is -0.383 e. The minimum atomic E-state index is -0.907. The van der Waals surface area contributed by atoms with Crippen LogP contribution in [-0.4, -0.2) is 24.7 Å². The number of carbonyl (C=O) groups excluding carboxylic acids is 1. The van der Waals surface area contributed by atoms with Gasteiger partial charge >= 0.3 is 0 Å². The Labute approximate surface area is 210 Å². The molecule has 1 atom stereocenters. The van der Waals surface area contributed by atoms with Crippen LogP contribution in [0.2, 0.25) is 5.02 Å². The number of hydrogen-bond acceptors (Lipinski definition) is 7. The van der Waals surface area contributed by atoms with E-state index in [4.69, 9.17) is 22.3 Å². The number of aliphatic imine (C=N–C) groups is 1. The van der Waals surface area contributed by atoms with E-state index in [1.165, 1.54) is 22.7 Å². The predicted molar refractivity (Wildman–Crippen MR) is 134 cm³/mol. The number of hydrogen-bond donors (Lipinski definition) is 1. The molecule has 6 aliphatic rings. The van der Waals surface area contributed by atoms with E-state index in [-0.39, 0.29) is 21.9 Å². The van der Waals surface area contributed by atoms with Crippen molar-refractivity contribution in [2.75, 3.05) is 22.9 Å².